The molecule has 2 fully saturated rings. The number of nitrogens with zero attached hydrogens (tertiary/aromatic N) is 1. The molecule has 2 rings (SSSR count). The molecule has 3 unspecified atom stereocenters. The monoisotopic (exact) mass is 266 g/mol. The van der Waals surface area contributed by atoms with E-state index in [1.807, 2.05) is 0 Å². The van der Waals surface area contributed by atoms with Gasteiger partial charge < -0.3 is 5.73 Å². The fraction of sp³-hybridized carbons (Fsp3) is 1.00. The van der Waals surface area contributed by atoms with E-state index in [0.717, 1.165) is 11.8 Å². The highest BCUT2D eigenvalue weighted by Gasteiger charge is 2.37. The lowest BCUT2D eigenvalue weighted by Crippen LogP contribution is -2.54. The van der Waals surface area contributed by atoms with E-state index in [4.69, 9.17) is 5.73 Å². The van der Waals surface area contributed by atoms with Crippen molar-refractivity contribution in [1.82, 2.24) is 4.90 Å². The fourth-order valence-corrected chi connectivity index (χ4v) is 4.07. The number of likely N-dealkylation sites (tertiary alicyclic amines) is 1. The van der Waals surface area contributed by atoms with Crippen LogP contribution in [0.1, 0.15) is 66.2 Å². The van der Waals surface area contributed by atoms with Crippen molar-refractivity contribution in [2.45, 2.75) is 78.3 Å². The Morgan fingerprint density at radius 1 is 1.05 bits per heavy atom. The molecule has 0 bridgehead atoms. The highest BCUT2D eigenvalue weighted by molar-refractivity contribution is 4.93. The summed E-state index contributed by atoms with van der Waals surface area (Å²) in [6, 6.07) is 1.06. The van der Waals surface area contributed by atoms with Crippen LogP contribution >= 0.6 is 0 Å². The molecule has 0 aromatic heterocycles. The summed E-state index contributed by atoms with van der Waals surface area (Å²) in [5.74, 6) is 1.82. The molecule has 1 heterocycles. The molecule has 2 heteroatoms. The van der Waals surface area contributed by atoms with E-state index >= 15 is 0 Å². The Balaban J connectivity index is 1.94. The molecule has 0 radical (unpaired) electrons. The Kier molecular flexibility index (Phi) is 4.94. The van der Waals surface area contributed by atoms with Gasteiger partial charge in [0.1, 0.15) is 0 Å². The zero-order valence-electron chi connectivity index (χ0n) is 13.5. The van der Waals surface area contributed by atoms with Gasteiger partial charge in [-0.3, -0.25) is 4.90 Å². The van der Waals surface area contributed by atoms with E-state index in [1.54, 1.807) is 0 Å². The molecule has 2 N–H and O–H groups in total. The second-order valence-corrected chi connectivity index (χ2v) is 7.99. The highest BCUT2D eigenvalue weighted by atomic mass is 15.2. The smallest absolute Gasteiger partial charge is 0.0250 e. The van der Waals surface area contributed by atoms with E-state index in [9.17, 15) is 0 Å². The Morgan fingerprint density at radius 3 is 2.21 bits per heavy atom. The summed E-state index contributed by atoms with van der Waals surface area (Å²) < 4.78 is 0. The number of hydrogen-bond acceptors (Lipinski definition) is 2. The van der Waals surface area contributed by atoms with Gasteiger partial charge in [0, 0.05) is 12.1 Å². The van der Waals surface area contributed by atoms with Gasteiger partial charge in [0.15, 0.2) is 0 Å². The summed E-state index contributed by atoms with van der Waals surface area (Å²) in [5, 5.41) is 0. The molecule has 0 aromatic carbocycles. The first-order valence-corrected chi connectivity index (χ1v) is 8.41. The lowest BCUT2D eigenvalue weighted by molar-refractivity contribution is 0.0470. The van der Waals surface area contributed by atoms with Crippen molar-refractivity contribution in [3.05, 3.63) is 0 Å². The third-order valence-electron chi connectivity index (χ3n) is 5.79. The van der Waals surface area contributed by atoms with Crippen LogP contribution in [0.5, 0.6) is 0 Å². The Bertz CT molecular complexity index is 273. The van der Waals surface area contributed by atoms with Gasteiger partial charge in [0.2, 0.25) is 0 Å². The molecule has 2 nitrogen and oxygen atoms in total. The quantitative estimate of drug-likeness (QED) is 0.826. The Morgan fingerprint density at radius 2 is 1.68 bits per heavy atom. The van der Waals surface area contributed by atoms with Gasteiger partial charge in [0.25, 0.3) is 0 Å². The van der Waals surface area contributed by atoms with Gasteiger partial charge in [0.05, 0.1) is 0 Å². The SMILES string of the molecule is CCC1CCN(C2CC(C(C)(C)C)CCC2N)CC1. The third-order valence-corrected chi connectivity index (χ3v) is 5.79. The minimum Gasteiger partial charge on any atom is -0.326 e. The van der Waals surface area contributed by atoms with Crippen molar-refractivity contribution in [3.8, 4) is 0 Å². The summed E-state index contributed by atoms with van der Waals surface area (Å²) in [5.41, 5.74) is 6.89. The van der Waals surface area contributed by atoms with Crippen LogP contribution in [0.25, 0.3) is 0 Å². The first-order valence-electron chi connectivity index (χ1n) is 8.41. The minimum atomic E-state index is 0.414. The van der Waals surface area contributed by atoms with Crippen LogP contribution < -0.4 is 5.73 Å². The number of nitrogens with two attached hydrogens (primary N) is 1. The van der Waals surface area contributed by atoms with Crippen LogP contribution in [0.3, 0.4) is 0 Å². The van der Waals surface area contributed by atoms with Gasteiger partial charge >= 0.3 is 0 Å². The molecule has 112 valence electrons. The van der Waals surface area contributed by atoms with Crippen molar-refractivity contribution < 1.29 is 0 Å². The van der Waals surface area contributed by atoms with Crippen molar-refractivity contribution in [3.63, 3.8) is 0 Å². The zero-order chi connectivity index (χ0) is 14.0. The topological polar surface area (TPSA) is 29.3 Å². The predicted molar refractivity (Wildman–Crippen MR) is 83.1 cm³/mol. The van der Waals surface area contributed by atoms with Crippen LogP contribution in [-0.2, 0) is 0 Å². The molecular formula is C17H34N2. The predicted octanol–water partition coefficient (Wildman–Crippen LogP) is 3.65. The first-order chi connectivity index (χ1) is 8.91. The molecule has 1 saturated carbocycles. The van der Waals surface area contributed by atoms with Gasteiger partial charge in [-0.1, -0.05) is 34.1 Å². The Labute approximate surface area is 120 Å². The lowest BCUT2D eigenvalue weighted by atomic mass is 9.69. The molecule has 0 amide bonds. The second-order valence-electron chi connectivity index (χ2n) is 7.99. The summed E-state index contributed by atoms with van der Waals surface area (Å²) in [6.45, 7) is 12.1. The maximum absolute atomic E-state index is 6.44. The van der Waals surface area contributed by atoms with E-state index in [1.165, 1.54) is 51.6 Å². The maximum Gasteiger partial charge on any atom is 0.0250 e. The first kappa shape index (κ1) is 15.3. The zero-order valence-corrected chi connectivity index (χ0v) is 13.5. The summed E-state index contributed by atoms with van der Waals surface area (Å²) in [6.07, 6.45) is 8.00. The van der Waals surface area contributed by atoms with Crippen LogP contribution in [0.2, 0.25) is 0 Å². The second kappa shape index (κ2) is 6.13. The molecule has 0 spiro atoms. The van der Waals surface area contributed by atoms with Crippen LogP contribution in [0.15, 0.2) is 0 Å². The average molecular weight is 266 g/mol. The van der Waals surface area contributed by atoms with Gasteiger partial charge in [-0.2, -0.15) is 0 Å². The molecule has 1 saturated heterocycles. The number of hydrogen-bond donors (Lipinski definition) is 1. The standard InChI is InChI=1S/C17H34N2/c1-5-13-8-10-19(11-9-13)16-12-14(17(2,3)4)6-7-15(16)18/h13-16H,5-12,18H2,1-4H3. The summed E-state index contributed by atoms with van der Waals surface area (Å²) >= 11 is 0. The van der Waals surface area contributed by atoms with Crippen LogP contribution in [-0.4, -0.2) is 30.1 Å². The Hall–Kier alpha value is -0.0800. The molecular weight excluding hydrogens is 232 g/mol. The van der Waals surface area contributed by atoms with Crippen LogP contribution in [0, 0.1) is 17.3 Å². The number of piperidine rings is 1. The van der Waals surface area contributed by atoms with E-state index in [2.05, 4.69) is 32.6 Å². The number of rotatable bonds is 2. The largest absolute Gasteiger partial charge is 0.326 e. The van der Waals surface area contributed by atoms with Gasteiger partial charge in [-0.15, -0.1) is 0 Å². The molecule has 3 atom stereocenters. The lowest BCUT2D eigenvalue weighted by Gasteiger charge is -2.47. The van der Waals surface area contributed by atoms with Gasteiger partial charge in [-0.25, -0.2) is 0 Å². The molecule has 19 heavy (non-hydrogen) atoms. The summed E-state index contributed by atoms with van der Waals surface area (Å²) in [4.78, 5) is 2.72. The molecule has 1 aliphatic carbocycles. The average Bonchev–Trinajstić information content (AvgIpc) is 2.38. The van der Waals surface area contributed by atoms with Gasteiger partial charge in [-0.05, 0) is 62.4 Å². The minimum absolute atomic E-state index is 0.414. The van der Waals surface area contributed by atoms with E-state index in [-0.39, 0.29) is 0 Å². The van der Waals surface area contributed by atoms with Crippen molar-refractivity contribution in [2.75, 3.05) is 13.1 Å². The van der Waals surface area contributed by atoms with Crippen molar-refractivity contribution in [2.24, 2.45) is 23.0 Å². The van der Waals surface area contributed by atoms with E-state index < -0.39 is 0 Å². The maximum atomic E-state index is 6.44. The van der Waals surface area contributed by atoms with Crippen LogP contribution in [0.4, 0.5) is 0 Å². The molecule has 2 aliphatic rings. The van der Waals surface area contributed by atoms with Crippen molar-refractivity contribution >= 4 is 0 Å². The highest BCUT2D eigenvalue weighted by Crippen LogP contribution is 2.39. The third kappa shape index (κ3) is 3.72. The van der Waals surface area contributed by atoms with E-state index in [0.29, 0.717) is 17.5 Å². The summed E-state index contributed by atoms with van der Waals surface area (Å²) in [7, 11) is 0. The van der Waals surface area contributed by atoms with Crippen molar-refractivity contribution in [1.29, 1.82) is 0 Å². The fourth-order valence-electron chi connectivity index (χ4n) is 4.07. The normalized spacial score (nSPS) is 35.5. The molecule has 1 aliphatic heterocycles. The molecule has 0 aromatic rings.